The lowest BCUT2D eigenvalue weighted by Crippen LogP contribution is -2.05. The fraction of sp³-hybridized carbons (Fsp3) is 0.214. The highest BCUT2D eigenvalue weighted by atomic mass is 14.3. The molecule has 0 aromatic heterocycles. The summed E-state index contributed by atoms with van der Waals surface area (Å²) in [6.45, 7) is 4.49. The van der Waals surface area contributed by atoms with Gasteiger partial charge in [-0.25, -0.2) is 0 Å². The largest absolute Gasteiger partial charge is 0.0731 e. The van der Waals surface area contributed by atoms with E-state index >= 15 is 0 Å². The van der Waals surface area contributed by atoms with E-state index in [0.29, 0.717) is 11.8 Å². The molecule has 28 heavy (non-hydrogen) atoms. The van der Waals surface area contributed by atoms with Crippen LogP contribution in [0.2, 0.25) is 0 Å². The fourth-order valence-electron chi connectivity index (χ4n) is 5.09. The molecule has 0 N–H and O–H groups in total. The molecule has 138 valence electrons. The van der Waals surface area contributed by atoms with Gasteiger partial charge in [-0.3, -0.25) is 0 Å². The van der Waals surface area contributed by atoms with Crippen molar-refractivity contribution in [3.8, 4) is 0 Å². The minimum atomic E-state index is 0.491. The summed E-state index contributed by atoms with van der Waals surface area (Å²) >= 11 is 0. The van der Waals surface area contributed by atoms with Gasteiger partial charge in [-0.2, -0.15) is 0 Å². The third-order valence-electron chi connectivity index (χ3n) is 6.47. The van der Waals surface area contributed by atoms with Crippen LogP contribution in [-0.4, -0.2) is 0 Å². The summed E-state index contributed by atoms with van der Waals surface area (Å²) in [5.41, 5.74) is 11.6. The molecule has 0 bridgehead atoms. The molecule has 2 unspecified atom stereocenters. The third-order valence-corrected chi connectivity index (χ3v) is 6.47. The Labute approximate surface area is 168 Å². The molecule has 0 nitrogen and oxygen atoms in total. The first-order chi connectivity index (χ1) is 13.7. The van der Waals surface area contributed by atoms with Gasteiger partial charge in [0.25, 0.3) is 0 Å². The summed E-state index contributed by atoms with van der Waals surface area (Å²) in [4.78, 5) is 0. The number of fused-ring (bicyclic) bond motifs is 2. The molecule has 2 aliphatic rings. The highest BCUT2D eigenvalue weighted by molar-refractivity contribution is 5.74. The Hall–Kier alpha value is -2.86. The monoisotopic (exact) mass is 362 g/mol. The van der Waals surface area contributed by atoms with Gasteiger partial charge in [0.15, 0.2) is 0 Å². The topological polar surface area (TPSA) is 0 Å². The lowest BCUT2D eigenvalue weighted by Gasteiger charge is -2.17. The highest BCUT2D eigenvalue weighted by Gasteiger charge is 2.24. The van der Waals surface area contributed by atoms with E-state index in [4.69, 9.17) is 0 Å². The Morgan fingerprint density at radius 3 is 1.39 bits per heavy atom. The molecule has 0 saturated carbocycles. The van der Waals surface area contributed by atoms with Crippen molar-refractivity contribution in [2.75, 3.05) is 0 Å². The predicted molar refractivity (Wildman–Crippen MR) is 120 cm³/mol. The molecule has 3 aromatic carbocycles. The maximum absolute atomic E-state index is 2.45. The smallest absolute Gasteiger partial charge is 0.00704 e. The SMILES string of the molecule is CC1=CC(Cc2ccccc2CC2C=C(C)c3ccccc32)c2ccccc21. The average Bonchev–Trinajstić information content (AvgIpc) is 3.21. The molecular formula is C28H26. The second-order valence-corrected chi connectivity index (χ2v) is 8.26. The number of hydrogen-bond donors (Lipinski definition) is 0. The summed E-state index contributed by atoms with van der Waals surface area (Å²) in [5.74, 6) is 0.982. The number of hydrogen-bond acceptors (Lipinski definition) is 0. The van der Waals surface area contributed by atoms with Crippen LogP contribution >= 0.6 is 0 Å². The zero-order chi connectivity index (χ0) is 19.1. The zero-order valence-corrected chi connectivity index (χ0v) is 16.7. The fourth-order valence-corrected chi connectivity index (χ4v) is 5.09. The van der Waals surface area contributed by atoms with Crippen molar-refractivity contribution in [1.82, 2.24) is 0 Å². The molecule has 3 aromatic rings. The van der Waals surface area contributed by atoms with Crippen molar-refractivity contribution < 1.29 is 0 Å². The number of benzene rings is 3. The molecule has 0 aliphatic heterocycles. The van der Waals surface area contributed by atoms with Crippen molar-refractivity contribution in [1.29, 1.82) is 0 Å². The van der Waals surface area contributed by atoms with Gasteiger partial charge in [-0.1, -0.05) is 84.9 Å². The van der Waals surface area contributed by atoms with E-state index in [0.717, 1.165) is 12.8 Å². The lowest BCUT2D eigenvalue weighted by atomic mass is 9.87. The lowest BCUT2D eigenvalue weighted by molar-refractivity contribution is 0.799. The van der Waals surface area contributed by atoms with Crippen LogP contribution in [0.4, 0.5) is 0 Å². The Balaban J connectivity index is 1.44. The summed E-state index contributed by atoms with van der Waals surface area (Å²) < 4.78 is 0. The second kappa shape index (κ2) is 6.95. The Bertz CT molecular complexity index is 1010. The molecule has 2 aliphatic carbocycles. The van der Waals surface area contributed by atoms with Gasteiger partial charge in [0, 0.05) is 11.8 Å². The van der Waals surface area contributed by atoms with Crippen molar-refractivity contribution in [3.05, 3.63) is 118 Å². The molecule has 2 atom stereocenters. The third kappa shape index (κ3) is 2.94. The molecule has 0 amide bonds. The van der Waals surface area contributed by atoms with Crippen LogP contribution in [0.15, 0.2) is 84.9 Å². The van der Waals surface area contributed by atoms with Crippen LogP contribution in [0.1, 0.15) is 59.1 Å². The van der Waals surface area contributed by atoms with Crippen molar-refractivity contribution in [2.24, 2.45) is 0 Å². The average molecular weight is 363 g/mol. The van der Waals surface area contributed by atoms with E-state index in [1.807, 2.05) is 0 Å². The van der Waals surface area contributed by atoms with Gasteiger partial charge in [0.05, 0.1) is 0 Å². The number of rotatable bonds is 4. The van der Waals surface area contributed by atoms with E-state index in [2.05, 4.69) is 98.8 Å². The van der Waals surface area contributed by atoms with Crippen LogP contribution in [0, 0.1) is 0 Å². The first-order valence-electron chi connectivity index (χ1n) is 10.3. The number of allylic oxidation sites excluding steroid dienone is 4. The minimum absolute atomic E-state index is 0.491. The van der Waals surface area contributed by atoms with Crippen LogP contribution in [-0.2, 0) is 12.8 Å². The molecular weight excluding hydrogens is 336 g/mol. The van der Waals surface area contributed by atoms with Gasteiger partial charge in [-0.15, -0.1) is 0 Å². The first-order valence-corrected chi connectivity index (χ1v) is 10.3. The molecule has 0 fully saturated rings. The van der Waals surface area contributed by atoms with Crippen molar-refractivity contribution in [3.63, 3.8) is 0 Å². The standard InChI is InChI=1S/C28H26/c1-19-15-23(27-13-7-5-11-25(19)27)17-21-9-3-4-10-22(21)18-24-16-20(2)26-12-6-8-14-28(24)26/h3-16,23-24H,17-18H2,1-2H3. The van der Waals surface area contributed by atoms with Crippen LogP contribution < -0.4 is 0 Å². The van der Waals surface area contributed by atoms with E-state index in [1.54, 1.807) is 0 Å². The summed E-state index contributed by atoms with van der Waals surface area (Å²) in [6, 6.07) is 26.8. The van der Waals surface area contributed by atoms with Crippen molar-refractivity contribution >= 4 is 11.1 Å². The second-order valence-electron chi connectivity index (χ2n) is 8.26. The minimum Gasteiger partial charge on any atom is -0.0731 e. The van der Waals surface area contributed by atoms with Crippen LogP contribution in [0.5, 0.6) is 0 Å². The molecule has 0 spiro atoms. The predicted octanol–water partition coefficient (Wildman–Crippen LogP) is 7.17. The molecule has 0 heteroatoms. The summed E-state index contributed by atoms with van der Waals surface area (Å²) in [7, 11) is 0. The van der Waals surface area contributed by atoms with E-state index in [9.17, 15) is 0 Å². The quantitative estimate of drug-likeness (QED) is 0.461. The van der Waals surface area contributed by atoms with Gasteiger partial charge in [0.1, 0.15) is 0 Å². The van der Waals surface area contributed by atoms with Gasteiger partial charge < -0.3 is 0 Å². The normalized spacial score (nSPS) is 19.8. The molecule has 0 radical (unpaired) electrons. The summed E-state index contributed by atoms with van der Waals surface area (Å²) in [5, 5.41) is 0. The maximum atomic E-state index is 2.45. The van der Waals surface area contributed by atoms with Crippen molar-refractivity contribution in [2.45, 2.75) is 38.5 Å². The van der Waals surface area contributed by atoms with Crippen LogP contribution in [0.25, 0.3) is 11.1 Å². The summed E-state index contributed by atoms with van der Waals surface area (Å²) in [6.07, 6.45) is 7.08. The molecule has 0 saturated heterocycles. The van der Waals surface area contributed by atoms with Gasteiger partial charge >= 0.3 is 0 Å². The Morgan fingerprint density at radius 2 is 0.929 bits per heavy atom. The van der Waals surface area contributed by atoms with E-state index in [-0.39, 0.29) is 0 Å². The van der Waals surface area contributed by atoms with Crippen LogP contribution in [0.3, 0.4) is 0 Å². The van der Waals surface area contributed by atoms with E-state index < -0.39 is 0 Å². The Kier molecular flexibility index (Phi) is 4.28. The molecule has 0 heterocycles. The highest BCUT2D eigenvalue weighted by Crippen LogP contribution is 2.40. The van der Waals surface area contributed by atoms with Gasteiger partial charge in [-0.05, 0) is 71.2 Å². The molecule has 5 rings (SSSR count). The first kappa shape index (κ1) is 17.3. The Morgan fingerprint density at radius 1 is 0.536 bits per heavy atom. The zero-order valence-electron chi connectivity index (χ0n) is 16.7. The maximum Gasteiger partial charge on any atom is 0.00704 e. The van der Waals surface area contributed by atoms with E-state index in [1.165, 1.54) is 44.5 Å². The van der Waals surface area contributed by atoms with Gasteiger partial charge in [0.2, 0.25) is 0 Å².